The molecule has 0 bridgehead atoms. The first kappa shape index (κ1) is 27.6. The summed E-state index contributed by atoms with van der Waals surface area (Å²) in [5.74, 6) is -1.39. The van der Waals surface area contributed by atoms with E-state index in [1.165, 1.54) is 14.2 Å². The minimum absolute atomic E-state index is 0.120. The van der Waals surface area contributed by atoms with Crippen molar-refractivity contribution in [2.45, 2.75) is 58.5 Å². The molecule has 0 saturated carbocycles. The Bertz CT molecular complexity index is 1260. The molecule has 0 spiro atoms. The molecule has 10 nitrogen and oxygen atoms in total. The zero-order valence-corrected chi connectivity index (χ0v) is 22.1. The second-order valence-electron chi connectivity index (χ2n) is 9.20. The van der Waals surface area contributed by atoms with Crippen LogP contribution < -0.4 is 0 Å². The van der Waals surface area contributed by atoms with E-state index in [9.17, 15) is 14.7 Å². The number of carboxylic acid groups (broad SMARTS) is 1. The van der Waals surface area contributed by atoms with Crippen LogP contribution in [0.25, 0.3) is 0 Å². The molecule has 1 saturated heterocycles. The third kappa shape index (κ3) is 5.99. The van der Waals surface area contributed by atoms with Gasteiger partial charge in [-0.05, 0) is 55.4 Å². The van der Waals surface area contributed by atoms with Crippen molar-refractivity contribution in [2.75, 3.05) is 20.8 Å². The average Bonchev–Trinajstić information content (AvgIpc) is 3.36. The van der Waals surface area contributed by atoms with E-state index in [4.69, 9.17) is 24.0 Å². The molecule has 4 rings (SSSR count). The first-order chi connectivity index (χ1) is 18.3. The Labute approximate surface area is 221 Å². The number of benzene rings is 1. The van der Waals surface area contributed by atoms with Crippen molar-refractivity contribution >= 4 is 11.9 Å². The second kappa shape index (κ2) is 12.4. The monoisotopic (exact) mass is 526 g/mol. The van der Waals surface area contributed by atoms with E-state index in [1.54, 1.807) is 6.92 Å². The van der Waals surface area contributed by atoms with Gasteiger partial charge in [-0.3, -0.25) is 4.79 Å². The fourth-order valence-electron chi connectivity index (χ4n) is 4.88. The summed E-state index contributed by atoms with van der Waals surface area (Å²) in [6.07, 6.45) is 1.40. The van der Waals surface area contributed by atoms with E-state index in [-0.39, 0.29) is 18.1 Å². The molecule has 204 valence electrons. The Morgan fingerprint density at radius 1 is 0.947 bits per heavy atom. The van der Waals surface area contributed by atoms with Crippen LogP contribution in [0.15, 0.2) is 30.3 Å². The van der Waals surface area contributed by atoms with Gasteiger partial charge in [0.25, 0.3) is 0 Å². The molecule has 1 fully saturated rings. The molecule has 0 atom stereocenters. The number of carbonyl (C=O) groups excluding carboxylic acids is 1. The number of nitrogens with one attached hydrogen (secondary N) is 2. The highest BCUT2D eigenvalue weighted by Crippen LogP contribution is 2.43. The maximum atomic E-state index is 11.9. The minimum atomic E-state index is -1.04. The van der Waals surface area contributed by atoms with Gasteiger partial charge in [0.1, 0.15) is 5.69 Å². The highest BCUT2D eigenvalue weighted by atomic mass is 17.2. The summed E-state index contributed by atoms with van der Waals surface area (Å²) in [4.78, 5) is 40.0. The molecular weight excluding hydrogens is 492 g/mol. The number of carboxylic acids is 1. The number of aromatic amines is 2. The van der Waals surface area contributed by atoms with Crippen LogP contribution in [-0.4, -0.2) is 47.8 Å². The molecule has 1 aliphatic heterocycles. The highest BCUT2D eigenvalue weighted by Gasteiger charge is 2.36. The number of esters is 1. The van der Waals surface area contributed by atoms with Gasteiger partial charge in [0.15, 0.2) is 6.29 Å². The quantitative estimate of drug-likeness (QED) is 0.127. The van der Waals surface area contributed by atoms with Crippen molar-refractivity contribution < 1.29 is 38.7 Å². The molecular formula is C28H34N2O8. The van der Waals surface area contributed by atoms with Gasteiger partial charge >= 0.3 is 11.9 Å². The molecule has 2 aromatic heterocycles. The molecule has 10 heteroatoms. The summed E-state index contributed by atoms with van der Waals surface area (Å²) in [6, 6.07) is 9.74. The van der Waals surface area contributed by atoms with E-state index in [1.807, 2.05) is 37.3 Å². The van der Waals surface area contributed by atoms with Crippen LogP contribution in [0, 0.1) is 13.8 Å². The Morgan fingerprint density at radius 2 is 1.63 bits per heavy atom. The SMILES string of the molecule is COOCCCc1c(Cc2[nH]c(C(=O)O)c(C)c2CCC(=O)OC)[nH]c(C2OC(c3ccccc3)O2)c1C. The minimum Gasteiger partial charge on any atom is -0.477 e. The zero-order chi connectivity index (χ0) is 27.2. The number of H-pyrrole nitrogens is 2. The lowest BCUT2D eigenvalue weighted by Gasteiger charge is -2.36. The van der Waals surface area contributed by atoms with Gasteiger partial charge in [-0.1, -0.05) is 30.3 Å². The number of hydrogen-bond donors (Lipinski definition) is 3. The molecule has 0 aliphatic carbocycles. The van der Waals surface area contributed by atoms with Gasteiger partial charge in [0.05, 0.1) is 26.5 Å². The maximum Gasteiger partial charge on any atom is 0.352 e. The summed E-state index contributed by atoms with van der Waals surface area (Å²) in [6.45, 7) is 4.20. The third-order valence-electron chi connectivity index (χ3n) is 6.92. The Balaban J connectivity index is 1.61. The van der Waals surface area contributed by atoms with Crippen LogP contribution >= 0.6 is 0 Å². The molecule has 3 heterocycles. The summed E-state index contributed by atoms with van der Waals surface area (Å²) in [5.41, 5.74) is 7.07. The molecule has 0 amide bonds. The van der Waals surface area contributed by atoms with Crippen LogP contribution in [0.3, 0.4) is 0 Å². The average molecular weight is 527 g/mol. The van der Waals surface area contributed by atoms with Crippen molar-refractivity contribution in [3.05, 3.63) is 80.9 Å². The maximum absolute atomic E-state index is 11.9. The predicted octanol–water partition coefficient (Wildman–Crippen LogP) is 4.61. The standard InChI is InChI=1S/C28H34N2O8/c1-16-20(12-13-23(31)34-3)22(29-24(16)26(32)33)15-21-19(11-8-14-36-35-4)17(2)25(30-21)28-37-27(38-28)18-9-6-5-7-10-18/h5-7,9-10,27-30H,8,11-15H2,1-4H3,(H,32,33). The van der Waals surface area contributed by atoms with E-state index < -0.39 is 18.5 Å². The van der Waals surface area contributed by atoms with Crippen molar-refractivity contribution in [3.8, 4) is 0 Å². The first-order valence-corrected chi connectivity index (χ1v) is 12.6. The summed E-state index contributed by atoms with van der Waals surface area (Å²) < 4.78 is 16.9. The predicted molar refractivity (Wildman–Crippen MR) is 137 cm³/mol. The van der Waals surface area contributed by atoms with Crippen LogP contribution in [0.2, 0.25) is 0 Å². The van der Waals surface area contributed by atoms with Gasteiger partial charge in [-0.2, -0.15) is 0 Å². The Hall–Kier alpha value is -3.44. The first-order valence-electron chi connectivity index (χ1n) is 12.6. The summed E-state index contributed by atoms with van der Waals surface area (Å²) in [7, 11) is 2.81. The van der Waals surface area contributed by atoms with E-state index in [2.05, 4.69) is 9.97 Å². The van der Waals surface area contributed by atoms with Gasteiger partial charge in [0.2, 0.25) is 6.29 Å². The van der Waals surface area contributed by atoms with Gasteiger partial charge < -0.3 is 29.3 Å². The smallest absolute Gasteiger partial charge is 0.352 e. The largest absolute Gasteiger partial charge is 0.477 e. The molecule has 3 aromatic rings. The van der Waals surface area contributed by atoms with Crippen molar-refractivity contribution in [1.29, 1.82) is 0 Å². The van der Waals surface area contributed by atoms with Crippen molar-refractivity contribution in [3.63, 3.8) is 0 Å². The van der Waals surface area contributed by atoms with Crippen molar-refractivity contribution in [1.82, 2.24) is 9.97 Å². The zero-order valence-electron chi connectivity index (χ0n) is 22.1. The van der Waals surface area contributed by atoms with Crippen LogP contribution in [0.1, 0.15) is 80.8 Å². The second-order valence-corrected chi connectivity index (χ2v) is 9.20. The Kier molecular flexibility index (Phi) is 9.01. The lowest BCUT2D eigenvalue weighted by molar-refractivity contribution is -0.398. The summed E-state index contributed by atoms with van der Waals surface area (Å²) >= 11 is 0. The number of ether oxygens (including phenoxy) is 3. The number of hydrogen-bond acceptors (Lipinski definition) is 7. The van der Waals surface area contributed by atoms with Gasteiger partial charge in [0, 0.05) is 29.8 Å². The highest BCUT2D eigenvalue weighted by molar-refractivity contribution is 5.88. The van der Waals surface area contributed by atoms with Crippen molar-refractivity contribution in [2.24, 2.45) is 0 Å². The fourth-order valence-corrected chi connectivity index (χ4v) is 4.88. The van der Waals surface area contributed by atoms with E-state index in [0.29, 0.717) is 31.4 Å². The molecule has 38 heavy (non-hydrogen) atoms. The lowest BCUT2D eigenvalue weighted by Crippen LogP contribution is -2.28. The van der Waals surface area contributed by atoms with Gasteiger partial charge in [-0.25, -0.2) is 14.6 Å². The molecule has 0 radical (unpaired) electrons. The number of rotatable bonds is 13. The van der Waals surface area contributed by atoms with Gasteiger partial charge in [-0.15, -0.1) is 0 Å². The molecule has 1 aliphatic rings. The lowest BCUT2D eigenvalue weighted by atomic mass is 9.98. The topological polar surface area (TPSA) is 132 Å². The number of carbonyl (C=O) groups is 2. The summed E-state index contributed by atoms with van der Waals surface area (Å²) in [5, 5.41) is 9.70. The van der Waals surface area contributed by atoms with Crippen LogP contribution in [0.4, 0.5) is 0 Å². The number of methoxy groups -OCH3 is 1. The van der Waals surface area contributed by atoms with E-state index in [0.717, 1.165) is 45.8 Å². The van der Waals surface area contributed by atoms with E-state index >= 15 is 0 Å². The number of aromatic nitrogens is 2. The third-order valence-corrected chi connectivity index (χ3v) is 6.92. The Morgan fingerprint density at radius 3 is 2.29 bits per heavy atom. The normalized spacial score (nSPS) is 16.8. The number of aromatic carboxylic acids is 1. The molecule has 1 aromatic carbocycles. The fraction of sp³-hybridized carbons (Fsp3) is 0.429. The molecule has 3 N–H and O–H groups in total. The van der Waals surface area contributed by atoms with Crippen LogP contribution in [-0.2, 0) is 48.0 Å². The van der Waals surface area contributed by atoms with Crippen LogP contribution in [0.5, 0.6) is 0 Å². The molecule has 0 unspecified atom stereocenters.